The molecule has 0 saturated heterocycles. The van der Waals surface area contributed by atoms with Gasteiger partial charge in [0.2, 0.25) is 0 Å². The van der Waals surface area contributed by atoms with Crippen LogP contribution >= 0.6 is 11.3 Å². The quantitative estimate of drug-likeness (QED) is 0.617. The third-order valence-corrected chi connectivity index (χ3v) is 3.82. The van der Waals surface area contributed by atoms with Gasteiger partial charge in [-0.05, 0) is 30.3 Å². The van der Waals surface area contributed by atoms with E-state index in [1.54, 1.807) is 7.11 Å². The van der Waals surface area contributed by atoms with Gasteiger partial charge in [-0.2, -0.15) is 0 Å². The molecule has 0 fully saturated rings. The van der Waals surface area contributed by atoms with Crippen LogP contribution in [0.25, 0.3) is 0 Å². The number of Topliss-reactive ketones (excluding diaryl/α,β-unsaturated/α-hetero) is 1. The highest BCUT2D eigenvalue weighted by atomic mass is 32.1. The zero-order chi connectivity index (χ0) is 14.1. The molecule has 0 unspecified atom stereocenters. The number of hydrogen-bond acceptors (Lipinski definition) is 4. The van der Waals surface area contributed by atoms with Gasteiger partial charge in [0.1, 0.15) is 0 Å². The van der Waals surface area contributed by atoms with E-state index in [-0.39, 0.29) is 5.78 Å². The molecule has 1 aromatic rings. The van der Waals surface area contributed by atoms with Crippen LogP contribution in [-0.4, -0.2) is 44.0 Å². The van der Waals surface area contributed by atoms with Crippen molar-refractivity contribution in [2.45, 2.75) is 26.7 Å². The molecule has 0 radical (unpaired) electrons. The van der Waals surface area contributed by atoms with Crippen molar-refractivity contribution in [2.75, 3.05) is 33.4 Å². The third-order valence-electron chi connectivity index (χ3n) is 2.91. The lowest BCUT2D eigenvalue weighted by Gasteiger charge is -2.23. The molecule has 0 bridgehead atoms. The van der Waals surface area contributed by atoms with Crippen LogP contribution in [-0.2, 0) is 4.74 Å². The van der Waals surface area contributed by atoms with Gasteiger partial charge < -0.3 is 9.64 Å². The van der Waals surface area contributed by atoms with Crippen molar-refractivity contribution in [3.05, 3.63) is 22.4 Å². The van der Waals surface area contributed by atoms with Crippen LogP contribution in [0.5, 0.6) is 0 Å². The number of rotatable bonds is 10. The van der Waals surface area contributed by atoms with E-state index in [9.17, 15) is 4.79 Å². The molecule has 1 rings (SSSR count). The number of carbonyl (C=O) groups excluding carboxylic acids is 1. The molecule has 0 N–H and O–H groups in total. The number of ketones is 1. The average molecular weight is 283 g/mol. The van der Waals surface area contributed by atoms with Crippen molar-refractivity contribution >= 4 is 17.1 Å². The fourth-order valence-corrected chi connectivity index (χ4v) is 2.75. The summed E-state index contributed by atoms with van der Waals surface area (Å²) in [7, 11) is 1.73. The van der Waals surface area contributed by atoms with Gasteiger partial charge in [-0.15, -0.1) is 11.3 Å². The molecule has 0 aliphatic rings. The Labute approximate surface area is 120 Å². The zero-order valence-electron chi connectivity index (χ0n) is 12.2. The summed E-state index contributed by atoms with van der Waals surface area (Å²) in [6, 6.07) is 3.84. The van der Waals surface area contributed by atoms with E-state index in [4.69, 9.17) is 4.74 Å². The van der Waals surface area contributed by atoms with E-state index in [1.807, 2.05) is 17.5 Å². The Morgan fingerprint density at radius 1 is 1.42 bits per heavy atom. The smallest absolute Gasteiger partial charge is 0.172 e. The van der Waals surface area contributed by atoms with Gasteiger partial charge in [0.25, 0.3) is 0 Å². The Morgan fingerprint density at radius 3 is 2.79 bits per heavy atom. The van der Waals surface area contributed by atoms with Gasteiger partial charge in [0.05, 0.1) is 11.5 Å². The van der Waals surface area contributed by atoms with Crippen molar-refractivity contribution in [3.63, 3.8) is 0 Å². The van der Waals surface area contributed by atoms with Gasteiger partial charge in [-0.1, -0.05) is 19.9 Å². The van der Waals surface area contributed by atoms with Gasteiger partial charge in [0.15, 0.2) is 5.78 Å². The van der Waals surface area contributed by atoms with Crippen LogP contribution in [0.2, 0.25) is 0 Å². The lowest BCUT2D eigenvalue weighted by Crippen LogP contribution is -2.32. The second-order valence-electron chi connectivity index (χ2n) is 5.19. The van der Waals surface area contributed by atoms with Gasteiger partial charge >= 0.3 is 0 Å². The number of thiophene rings is 1. The van der Waals surface area contributed by atoms with E-state index in [1.165, 1.54) is 11.3 Å². The highest BCUT2D eigenvalue weighted by Crippen LogP contribution is 2.12. The highest BCUT2D eigenvalue weighted by molar-refractivity contribution is 7.12. The Morgan fingerprint density at radius 2 is 2.21 bits per heavy atom. The fraction of sp³-hybridized carbons (Fsp3) is 0.667. The second kappa shape index (κ2) is 9.23. The maximum absolute atomic E-state index is 11.9. The Bertz CT molecular complexity index is 349. The first-order valence-electron chi connectivity index (χ1n) is 6.91. The maximum Gasteiger partial charge on any atom is 0.172 e. The van der Waals surface area contributed by atoms with E-state index in [0.717, 1.165) is 37.5 Å². The molecule has 0 aliphatic heterocycles. The van der Waals surface area contributed by atoms with Crippen LogP contribution in [0.15, 0.2) is 17.5 Å². The fourth-order valence-electron chi connectivity index (χ4n) is 2.05. The van der Waals surface area contributed by atoms with Crippen LogP contribution < -0.4 is 0 Å². The molecule has 1 aromatic heterocycles. The summed E-state index contributed by atoms with van der Waals surface area (Å²) in [6.45, 7) is 8.18. The van der Waals surface area contributed by atoms with Crippen molar-refractivity contribution in [1.82, 2.24) is 4.90 Å². The summed E-state index contributed by atoms with van der Waals surface area (Å²) in [4.78, 5) is 15.2. The maximum atomic E-state index is 11.9. The monoisotopic (exact) mass is 283 g/mol. The van der Waals surface area contributed by atoms with E-state index in [0.29, 0.717) is 12.3 Å². The number of hydrogen-bond donors (Lipinski definition) is 0. The summed E-state index contributed by atoms with van der Waals surface area (Å²) in [5.41, 5.74) is 0. The van der Waals surface area contributed by atoms with Gasteiger partial charge in [0, 0.05) is 26.6 Å². The number of methoxy groups -OCH3 is 1. The summed E-state index contributed by atoms with van der Waals surface area (Å²) >= 11 is 1.53. The summed E-state index contributed by atoms with van der Waals surface area (Å²) in [5.74, 6) is 0.913. The van der Waals surface area contributed by atoms with Crippen molar-refractivity contribution < 1.29 is 9.53 Å². The summed E-state index contributed by atoms with van der Waals surface area (Å²) in [6.07, 6.45) is 1.56. The topological polar surface area (TPSA) is 29.5 Å². The summed E-state index contributed by atoms with van der Waals surface area (Å²) < 4.78 is 5.13. The minimum atomic E-state index is 0.270. The minimum absolute atomic E-state index is 0.270. The molecular formula is C15H25NO2S. The number of carbonyl (C=O) groups is 1. The summed E-state index contributed by atoms with van der Waals surface area (Å²) in [5, 5.41) is 1.96. The number of nitrogens with zero attached hydrogens (tertiary/aromatic N) is 1. The molecule has 108 valence electrons. The number of ether oxygens (including phenoxy) is 1. The Hall–Kier alpha value is -0.710. The third kappa shape index (κ3) is 6.85. The Balaban J connectivity index is 2.28. The highest BCUT2D eigenvalue weighted by Gasteiger charge is 2.10. The molecule has 0 saturated carbocycles. The molecule has 4 heteroatoms. The zero-order valence-corrected chi connectivity index (χ0v) is 13.0. The van der Waals surface area contributed by atoms with Crippen molar-refractivity contribution in [3.8, 4) is 0 Å². The molecule has 0 aliphatic carbocycles. The van der Waals surface area contributed by atoms with Crippen LogP contribution in [0, 0.1) is 5.92 Å². The lowest BCUT2D eigenvalue weighted by molar-refractivity contribution is 0.0972. The van der Waals surface area contributed by atoms with E-state index >= 15 is 0 Å². The van der Waals surface area contributed by atoms with Gasteiger partial charge in [-0.25, -0.2) is 0 Å². The molecule has 3 nitrogen and oxygen atoms in total. The molecule has 0 amide bonds. The molecule has 19 heavy (non-hydrogen) atoms. The molecule has 0 spiro atoms. The van der Waals surface area contributed by atoms with E-state index < -0.39 is 0 Å². The van der Waals surface area contributed by atoms with Gasteiger partial charge in [-0.3, -0.25) is 4.79 Å². The first-order valence-corrected chi connectivity index (χ1v) is 7.79. The largest absolute Gasteiger partial charge is 0.383 e. The molecule has 0 atom stereocenters. The first-order chi connectivity index (χ1) is 9.13. The standard InChI is InChI=1S/C15H25NO2S/c1-13(2)12-16(9-10-18-3)8-4-6-14(17)15-7-5-11-19-15/h5,7,11,13H,4,6,8-10,12H2,1-3H3. The average Bonchev–Trinajstić information content (AvgIpc) is 2.88. The normalized spacial score (nSPS) is 11.4. The van der Waals surface area contributed by atoms with Crippen LogP contribution in [0.1, 0.15) is 36.4 Å². The minimum Gasteiger partial charge on any atom is -0.383 e. The van der Waals surface area contributed by atoms with Crippen LogP contribution in [0.4, 0.5) is 0 Å². The predicted molar refractivity (Wildman–Crippen MR) is 81.0 cm³/mol. The molecule has 1 heterocycles. The second-order valence-corrected chi connectivity index (χ2v) is 6.14. The predicted octanol–water partition coefficient (Wildman–Crippen LogP) is 3.32. The van der Waals surface area contributed by atoms with E-state index in [2.05, 4.69) is 18.7 Å². The lowest BCUT2D eigenvalue weighted by atomic mass is 10.1. The van der Waals surface area contributed by atoms with Crippen molar-refractivity contribution in [2.24, 2.45) is 5.92 Å². The van der Waals surface area contributed by atoms with Crippen LogP contribution in [0.3, 0.4) is 0 Å². The Kier molecular flexibility index (Phi) is 7.94. The first kappa shape index (κ1) is 16.3. The molecular weight excluding hydrogens is 258 g/mol. The SMILES string of the molecule is COCCN(CCCC(=O)c1cccs1)CC(C)C. The van der Waals surface area contributed by atoms with Crippen molar-refractivity contribution in [1.29, 1.82) is 0 Å². The molecule has 0 aromatic carbocycles.